The SMILES string of the molecule is CC(=O)Nc1cc(NC2=NC(c3cccc(C(F)(F)F)n3)=NC3CCC=CC=C23)ccn1. The van der Waals surface area contributed by atoms with Gasteiger partial charge in [0.2, 0.25) is 5.91 Å². The summed E-state index contributed by atoms with van der Waals surface area (Å²) in [5, 5.41) is 5.80. The molecule has 32 heavy (non-hydrogen) atoms. The Hall–Kier alpha value is -3.82. The van der Waals surface area contributed by atoms with Crippen LogP contribution in [0.25, 0.3) is 0 Å². The van der Waals surface area contributed by atoms with Gasteiger partial charge in [0.15, 0.2) is 5.84 Å². The molecule has 10 heteroatoms. The van der Waals surface area contributed by atoms with Crippen LogP contribution in [0.1, 0.15) is 31.2 Å². The number of amidine groups is 2. The lowest BCUT2D eigenvalue weighted by molar-refractivity contribution is -0.141. The summed E-state index contributed by atoms with van der Waals surface area (Å²) >= 11 is 0. The molecule has 2 N–H and O–H groups in total. The molecule has 1 atom stereocenters. The van der Waals surface area contributed by atoms with Gasteiger partial charge in [-0.15, -0.1) is 0 Å². The second-order valence-corrected chi connectivity index (χ2v) is 7.20. The van der Waals surface area contributed by atoms with Gasteiger partial charge >= 0.3 is 6.18 Å². The molecule has 2 aliphatic rings. The van der Waals surface area contributed by atoms with Crippen molar-refractivity contribution in [2.24, 2.45) is 9.98 Å². The van der Waals surface area contributed by atoms with Gasteiger partial charge in [-0.05, 0) is 31.0 Å². The number of allylic oxidation sites excluding steroid dienone is 3. The minimum atomic E-state index is -4.56. The third-order valence-electron chi connectivity index (χ3n) is 4.74. The minimum absolute atomic E-state index is 0.0454. The maximum absolute atomic E-state index is 13.1. The van der Waals surface area contributed by atoms with Crippen molar-refractivity contribution in [2.75, 3.05) is 10.6 Å². The molecule has 2 aromatic rings. The van der Waals surface area contributed by atoms with Crippen molar-refractivity contribution in [3.63, 3.8) is 0 Å². The number of rotatable bonds is 3. The normalized spacial score (nSPS) is 18.0. The van der Waals surface area contributed by atoms with Crippen LogP contribution < -0.4 is 10.6 Å². The molecular weight excluding hydrogens is 421 g/mol. The Bertz CT molecular complexity index is 1170. The standard InChI is InChI=1S/C22H19F3N6O/c1-13(32)27-19-12-14(10-11-26-19)28-20-15-6-3-2-4-7-16(15)30-21(31-20)17-8-5-9-18(29-17)22(23,24)25/h2-3,5-6,8-12,16H,4,7H2,1H3,(H2,26,27,28,30,31,32). The Morgan fingerprint density at radius 3 is 2.84 bits per heavy atom. The third kappa shape index (κ3) is 4.90. The van der Waals surface area contributed by atoms with E-state index in [0.717, 1.165) is 18.1 Å². The van der Waals surface area contributed by atoms with Crippen LogP contribution in [-0.4, -0.2) is 33.6 Å². The number of halogens is 3. The van der Waals surface area contributed by atoms with Crippen molar-refractivity contribution in [3.05, 3.63) is 71.7 Å². The highest BCUT2D eigenvalue weighted by Crippen LogP contribution is 2.29. The molecule has 0 aromatic carbocycles. The second kappa shape index (κ2) is 8.74. The van der Waals surface area contributed by atoms with Gasteiger partial charge in [0.1, 0.15) is 23.0 Å². The van der Waals surface area contributed by atoms with E-state index in [2.05, 4.69) is 30.6 Å². The maximum atomic E-state index is 13.1. The lowest BCUT2D eigenvalue weighted by Crippen LogP contribution is -2.29. The van der Waals surface area contributed by atoms with Crippen LogP contribution in [0.15, 0.2) is 70.3 Å². The molecule has 1 unspecified atom stereocenters. The Balaban J connectivity index is 1.72. The predicted octanol–water partition coefficient (Wildman–Crippen LogP) is 4.37. The average Bonchev–Trinajstić information content (AvgIpc) is 2.99. The molecular formula is C22H19F3N6O. The van der Waals surface area contributed by atoms with Crippen molar-refractivity contribution >= 4 is 29.1 Å². The molecule has 2 aromatic heterocycles. The molecule has 3 heterocycles. The third-order valence-corrected chi connectivity index (χ3v) is 4.74. The monoisotopic (exact) mass is 440 g/mol. The van der Waals surface area contributed by atoms with Crippen LogP contribution in [0.3, 0.4) is 0 Å². The number of fused-ring (bicyclic) bond motifs is 1. The number of alkyl halides is 3. The Labute approximate surface area is 181 Å². The van der Waals surface area contributed by atoms with Crippen LogP contribution in [0.2, 0.25) is 0 Å². The van der Waals surface area contributed by atoms with Crippen LogP contribution in [-0.2, 0) is 11.0 Å². The highest BCUT2D eigenvalue weighted by Gasteiger charge is 2.33. The Morgan fingerprint density at radius 2 is 2.06 bits per heavy atom. The zero-order valence-corrected chi connectivity index (χ0v) is 17.0. The van der Waals surface area contributed by atoms with Crippen molar-refractivity contribution < 1.29 is 18.0 Å². The summed E-state index contributed by atoms with van der Waals surface area (Å²) < 4.78 is 39.4. The molecule has 0 saturated heterocycles. The van der Waals surface area contributed by atoms with Gasteiger partial charge in [-0.2, -0.15) is 13.2 Å². The molecule has 0 spiro atoms. The number of aromatic nitrogens is 2. The van der Waals surface area contributed by atoms with Crippen molar-refractivity contribution in [2.45, 2.75) is 32.0 Å². The molecule has 0 radical (unpaired) electrons. The number of hydrogen-bond acceptors (Lipinski definition) is 6. The van der Waals surface area contributed by atoms with E-state index in [9.17, 15) is 18.0 Å². The first kappa shape index (κ1) is 21.4. The van der Waals surface area contributed by atoms with E-state index in [4.69, 9.17) is 0 Å². The summed E-state index contributed by atoms with van der Waals surface area (Å²) in [5.41, 5.74) is 0.463. The first-order valence-corrected chi connectivity index (χ1v) is 9.88. The summed E-state index contributed by atoms with van der Waals surface area (Å²) in [4.78, 5) is 28.2. The van der Waals surface area contributed by atoms with Gasteiger partial charge < -0.3 is 10.6 Å². The number of carbonyl (C=O) groups is 1. The number of nitrogens with zero attached hydrogens (tertiary/aromatic N) is 4. The zero-order valence-electron chi connectivity index (χ0n) is 17.0. The molecule has 1 aliphatic heterocycles. The maximum Gasteiger partial charge on any atom is 0.433 e. The van der Waals surface area contributed by atoms with Gasteiger partial charge in [-0.1, -0.05) is 24.3 Å². The summed E-state index contributed by atoms with van der Waals surface area (Å²) in [5.74, 6) is 0.675. The van der Waals surface area contributed by atoms with E-state index in [0.29, 0.717) is 23.8 Å². The Morgan fingerprint density at radius 1 is 1.22 bits per heavy atom. The quantitative estimate of drug-likeness (QED) is 0.742. The Kier molecular flexibility index (Phi) is 5.85. The molecule has 4 rings (SSSR count). The fraction of sp³-hybridized carbons (Fsp3) is 0.227. The van der Waals surface area contributed by atoms with Gasteiger partial charge in [-0.3, -0.25) is 9.79 Å². The molecule has 1 aliphatic carbocycles. The molecule has 7 nitrogen and oxygen atoms in total. The summed E-state index contributed by atoms with van der Waals surface area (Å²) in [7, 11) is 0. The lowest BCUT2D eigenvalue weighted by atomic mass is 10.0. The van der Waals surface area contributed by atoms with E-state index >= 15 is 0 Å². The number of carbonyl (C=O) groups excluding carboxylic acids is 1. The second-order valence-electron chi connectivity index (χ2n) is 7.20. The predicted molar refractivity (Wildman–Crippen MR) is 116 cm³/mol. The van der Waals surface area contributed by atoms with Crippen molar-refractivity contribution in [1.29, 1.82) is 0 Å². The van der Waals surface area contributed by atoms with Crippen molar-refractivity contribution in [3.8, 4) is 0 Å². The lowest BCUT2D eigenvalue weighted by Gasteiger charge is -2.23. The number of pyridine rings is 2. The average molecular weight is 440 g/mol. The van der Waals surface area contributed by atoms with Crippen LogP contribution in [0.5, 0.6) is 0 Å². The van der Waals surface area contributed by atoms with E-state index < -0.39 is 11.9 Å². The van der Waals surface area contributed by atoms with Crippen LogP contribution in [0, 0.1) is 0 Å². The van der Waals surface area contributed by atoms with E-state index in [1.165, 1.54) is 25.3 Å². The van der Waals surface area contributed by atoms with Crippen LogP contribution >= 0.6 is 0 Å². The zero-order chi connectivity index (χ0) is 22.7. The van der Waals surface area contributed by atoms with E-state index in [1.807, 2.05) is 18.2 Å². The van der Waals surface area contributed by atoms with Gasteiger partial charge in [0.05, 0.1) is 6.04 Å². The smallest absolute Gasteiger partial charge is 0.340 e. The largest absolute Gasteiger partial charge is 0.433 e. The number of nitrogens with one attached hydrogen (secondary N) is 2. The van der Waals surface area contributed by atoms with Crippen LogP contribution in [0.4, 0.5) is 24.7 Å². The fourth-order valence-electron chi connectivity index (χ4n) is 3.34. The fourth-order valence-corrected chi connectivity index (χ4v) is 3.34. The van der Waals surface area contributed by atoms with Gasteiger partial charge in [0, 0.05) is 30.4 Å². The molecule has 0 saturated carbocycles. The topological polar surface area (TPSA) is 91.6 Å². The summed E-state index contributed by atoms with van der Waals surface area (Å²) in [6.45, 7) is 1.38. The molecule has 0 bridgehead atoms. The molecule has 0 fully saturated rings. The molecule has 164 valence electrons. The van der Waals surface area contributed by atoms with Gasteiger partial charge in [0.25, 0.3) is 0 Å². The van der Waals surface area contributed by atoms with E-state index in [1.54, 1.807) is 12.1 Å². The molecule has 1 amide bonds. The summed E-state index contributed by atoms with van der Waals surface area (Å²) in [6, 6.07) is 6.72. The highest BCUT2D eigenvalue weighted by atomic mass is 19.4. The number of hydrogen-bond donors (Lipinski definition) is 2. The first-order chi connectivity index (χ1) is 15.3. The van der Waals surface area contributed by atoms with Gasteiger partial charge in [-0.25, -0.2) is 15.0 Å². The minimum Gasteiger partial charge on any atom is -0.340 e. The number of amides is 1. The summed E-state index contributed by atoms with van der Waals surface area (Å²) in [6.07, 6.45) is 4.21. The van der Waals surface area contributed by atoms with E-state index in [-0.39, 0.29) is 23.5 Å². The number of anilines is 2. The highest BCUT2D eigenvalue weighted by molar-refractivity contribution is 6.18. The first-order valence-electron chi connectivity index (χ1n) is 9.88. The van der Waals surface area contributed by atoms with Crippen molar-refractivity contribution in [1.82, 2.24) is 9.97 Å². The number of aliphatic imine (C=N–C) groups is 2.